The Kier molecular flexibility index (Phi) is 7.06. The number of hydrogen-bond donors (Lipinski definition) is 0. The Balaban J connectivity index is 1.02. The van der Waals surface area contributed by atoms with Crippen LogP contribution in [-0.2, 0) is 0 Å². The first-order chi connectivity index (χ1) is 28.7. The molecule has 0 heterocycles. The van der Waals surface area contributed by atoms with E-state index in [-0.39, 0.29) is 0 Å². The molecule has 0 saturated carbocycles. The molecule has 0 spiro atoms. The minimum Gasteiger partial charge on any atom is -0.192 e. The van der Waals surface area contributed by atoms with Crippen LogP contribution < -0.4 is 0 Å². The van der Waals surface area contributed by atoms with Crippen LogP contribution in [0, 0.1) is 11.3 Å². The van der Waals surface area contributed by atoms with Crippen LogP contribution >= 0.6 is 0 Å². The molecule has 12 aromatic carbocycles. The average molecular weight is 732 g/mol. The lowest BCUT2D eigenvalue weighted by molar-refractivity contribution is 1.48. The van der Waals surface area contributed by atoms with E-state index in [1.807, 2.05) is 12.1 Å². The summed E-state index contributed by atoms with van der Waals surface area (Å²) in [4.78, 5) is 0. The van der Waals surface area contributed by atoms with Crippen LogP contribution in [0.4, 0.5) is 0 Å². The summed E-state index contributed by atoms with van der Waals surface area (Å²) in [7, 11) is 0. The molecule has 0 radical (unpaired) electrons. The van der Waals surface area contributed by atoms with Crippen molar-refractivity contribution in [3.8, 4) is 61.7 Å². The van der Waals surface area contributed by atoms with E-state index < -0.39 is 0 Å². The van der Waals surface area contributed by atoms with E-state index in [1.165, 1.54) is 86.9 Å². The molecule has 0 amide bonds. The molecule has 0 aliphatic carbocycles. The van der Waals surface area contributed by atoms with Gasteiger partial charge in [-0.1, -0.05) is 158 Å². The lowest BCUT2D eigenvalue weighted by Crippen LogP contribution is -1.90. The van der Waals surface area contributed by atoms with Crippen LogP contribution in [0.2, 0.25) is 0 Å². The largest absolute Gasteiger partial charge is 0.192 e. The fraction of sp³-hybridized carbons (Fsp3) is 0. The maximum Gasteiger partial charge on any atom is 0.0991 e. The highest BCUT2D eigenvalue weighted by Crippen LogP contribution is 2.43. The minimum absolute atomic E-state index is 0.655. The van der Waals surface area contributed by atoms with Gasteiger partial charge in [0.1, 0.15) is 0 Å². The van der Waals surface area contributed by atoms with E-state index in [2.05, 4.69) is 194 Å². The Bertz CT molecular complexity index is 3380. The van der Waals surface area contributed by atoms with E-state index in [0.29, 0.717) is 5.56 Å². The number of nitrogens with zero attached hydrogens (tertiary/aromatic N) is 1. The molecular formula is C57H33N. The number of hydrogen-bond acceptors (Lipinski definition) is 1. The van der Waals surface area contributed by atoms with Crippen LogP contribution in [-0.4, -0.2) is 0 Å². The highest BCUT2D eigenvalue weighted by molar-refractivity contribution is 6.26. The number of benzene rings is 12. The topological polar surface area (TPSA) is 23.8 Å². The molecule has 0 bridgehead atoms. The van der Waals surface area contributed by atoms with Crippen molar-refractivity contribution >= 4 is 64.6 Å². The molecule has 1 nitrogen and oxygen atoms in total. The van der Waals surface area contributed by atoms with Crippen molar-refractivity contribution in [1.82, 2.24) is 0 Å². The molecule has 12 rings (SSSR count). The third-order valence-electron chi connectivity index (χ3n) is 12.4. The molecule has 0 aromatic heterocycles. The zero-order chi connectivity index (χ0) is 38.3. The molecule has 0 N–H and O–H groups in total. The molecule has 266 valence electrons. The van der Waals surface area contributed by atoms with E-state index in [0.717, 1.165) is 33.4 Å². The standard InChI is InChI=1S/C57H33N/c58-34-35-13-15-36(16-14-35)47-31-48(43-9-3-11-45(29-43)50-25-21-41-19-17-37-5-1-7-39-23-27-52(50)56(41)54(37)39)33-49(32-47)44-10-4-12-46(30-44)51-26-22-42-20-18-38-6-2-8-40-24-28-53(51)57(42)55(38)40/h1-33H. The van der Waals surface area contributed by atoms with E-state index in [4.69, 9.17) is 0 Å². The maximum atomic E-state index is 9.57. The summed E-state index contributed by atoms with van der Waals surface area (Å²) in [5.41, 5.74) is 12.3. The van der Waals surface area contributed by atoms with Crippen LogP contribution in [0.25, 0.3) is 120 Å². The van der Waals surface area contributed by atoms with Crippen LogP contribution in [0.1, 0.15) is 5.56 Å². The predicted molar refractivity (Wildman–Crippen MR) is 246 cm³/mol. The molecule has 0 atom stereocenters. The first kappa shape index (κ1) is 32.5. The van der Waals surface area contributed by atoms with Crippen molar-refractivity contribution < 1.29 is 0 Å². The van der Waals surface area contributed by atoms with Crippen molar-refractivity contribution in [1.29, 1.82) is 5.26 Å². The summed E-state index contributed by atoms with van der Waals surface area (Å²) in [6.45, 7) is 0. The summed E-state index contributed by atoms with van der Waals surface area (Å²) < 4.78 is 0. The molecular weight excluding hydrogens is 699 g/mol. The normalized spacial score (nSPS) is 11.8. The third-order valence-corrected chi connectivity index (χ3v) is 12.4. The van der Waals surface area contributed by atoms with Crippen molar-refractivity contribution in [3.05, 3.63) is 206 Å². The van der Waals surface area contributed by atoms with Gasteiger partial charge in [-0.2, -0.15) is 5.26 Å². The van der Waals surface area contributed by atoms with Gasteiger partial charge in [-0.15, -0.1) is 0 Å². The summed E-state index contributed by atoms with van der Waals surface area (Å²) in [5, 5.41) is 25.1. The number of rotatable bonds is 5. The van der Waals surface area contributed by atoms with Crippen molar-refractivity contribution in [2.24, 2.45) is 0 Å². The minimum atomic E-state index is 0.655. The quantitative estimate of drug-likeness (QED) is 0.162. The Morgan fingerprint density at radius 3 is 1.05 bits per heavy atom. The SMILES string of the molecule is N#Cc1ccc(-c2cc(-c3cccc(-c4ccc5ccc6cccc7ccc4c5c67)c3)cc(-c3cccc(-c4ccc5ccc6cccc7ccc4c5c67)c3)c2)cc1. The second-order valence-corrected chi connectivity index (χ2v) is 15.6. The lowest BCUT2D eigenvalue weighted by atomic mass is 9.88. The zero-order valence-corrected chi connectivity index (χ0v) is 31.5. The van der Waals surface area contributed by atoms with Crippen molar-refractivity contribution in [2.45, 2.75) is 0 Å². The van der Waals surface area contributed by atoms with Gasteiger partial charge < -0.3 is 0 Å². The summed E-state index contributed by atoms with van der Waals surface area (Å²) in [5.74, 6) is 0. The fourth-order valence-electron chi connectivity index (χ4n) is 9.57. The molecule has 58 heavy (non-hydrogen) atoms. The zero-order valence-electron chi connectivity index (χ0n) is 31.5. The molecule has 0 unspecified atom stereocenters. The maximum absolute atomic E-state index is 9.57. The molecule has 0 aliphatic rings. The highest BCUT2D eigenvalue weighted by Gasteiger charge is 2.16. The van der Waals surface area contributed by atoms with Gasteiger partial charge in [-0.05, 0) is 163 Å². The summed E-state index contributed by atoms with van der Waals surface area (Å²) in [6.07, 6.45) is 0. The van der Waals surface area contributed by atoms with Crippen LogP contribution in [0.3, 0.4) is 0 Å². The third kappa shape index (κ3) is 5.03. The van der Waals surface area contributed by atoms with E-state index in [1.54, 1.807) is 0 Å². The molecule has 0 aliphatic heterocycles. The first-order valence-electron chi connectivity index (χ1n) is 19.9. The van der Waals surface area contributed by atoms with Crippen LogP contribution in [0.5, 0.6) is 0 Å². The second kappa shape index (κ2) is 12.6. The van der Waals surface area contributed by atoms with Crippen molar-refractivity contribution in [2.75, 3.05) is 0 Å². The Morgan fingerprint density at radius 2 is 0.603 bits per heavy atom. The van der Waals surface area contributed by atoms with Gasteiger partial charge in [0.05, 0.1) is 11.6 Å². The molecule has 1 heteroatoms. The van der Waals surface area contributed by atoms with Gasteiger partial charge in [-0.25, -0.2) is 0 Å². The molecule has 0 fully saturated rings. The van der Waals surface area contributed by atoms with Gasteiger partial charge in [0.2, 0.25) is 0 Å². The first-order valence-corrected chi connectivity index (χ1v) is 19.9. The summed E-state index contributed by atoms with van der Waals surface area (Å²) in [6, 6.07) is 75.5. The van der Waals surface area contributed by atoms with Gasteiger partial charge >= 0.3 is 0 Å². The Morgan fingerprint density at radius 1 is 0.259 bits per heavy atom. The van der Waals surface area contributed by atoms with E-state index in [9.17, 15) is 5.26 Å². The molecule has 0 saturated heterocycles. The Hall–Kier alpha value is -7.79. The molecule has 12 aromatic rings. The average Bonchev–Trinajstić information content (AvgIpc) is 3.30. The lowest BCUT2D eigenvalue weighted by Gasteiger charge is -2.16. The second-order valence-electron chi connectivity index (χ2n) is 15.6. The van der Waals surface area contributed by atoms with Gasteiger partial charge in [0, 0.05) is 0 Å². The monoisotopic (exact) mass is 731 g/mol. The Labute approximate surface area is 336 Å². The van der Waals surface area contributed by atoms with Crippen molar-refractivity contribution in [3.63, 3.8) is 0 Å². The summed E-state index contributed by atoms with van der Waals surface area (Å²) >= 11 is 0. The van der Waals surface area contributed by atoms with Gasteiger partial charge in [0.15, 0.2) is 0 Å². The predicted octanol–water partition coefficient (Wildman–Crippen LogP) is 15.7. The highest BCUT2D eigenvalue weighted by atomic mass is 14.2. The van der Waals surface area contributed by atoms with Gasteiger partial charge in [0.25, 0.3) is 0 Å². The van der Waals surface area contributed by atoms with Gasteiger partial charge in [-0.3, -0.25) is 0 Å². The van der Waals surface area contributed by atoms with E-state index >= 15 is 0 Å². The van der Waals surface area contributed by atoms with Crippen LogP contribution in [0.15, 0.2) is 200 Å². The number of nitriles is 1. The fourth-order valence-corrected chi connectivity index (χ4v) is 9.57. The smallest absolute Gasteiger partial charge is 0.0991 e.